The molecule has 1 atom stereocenters. The number of aliphatic hydroxyl groups excluding tert-OH is 1. The molecule has 3 N–H and O–H groups in total. The average molecular weight is 257 g/mol. The summed E-state index contributed by atoms with van der Waals surface area (Å²) in [7, 11) is 0. The zero-order chi connectivity index (χ0) is 13.4. The molecule has 1 rings (SSSR count). The number of carbonyl (C=O) groups excluding carboxylic acids is 2. The Morgan fingerprint density at radius 2 is 2.06 bits per heavy atom. The molecule has 0 aromatic carbocycles. The molecule has 0 aromatic heterocycles. The van der Waals surface area contributed by atoms with Gasteiger partial charge in [-0.15, -0.1) is 0 Å². The number of nitrogens with one attached hydrogen (secondary N) is 2. The van der Waals surface area contributed by atoms with Crippen molar-refractivity contribution in [3.05, 3.63) is 0 Å². The van der Waals surface area contributed by atoms with Crippen molar-refractivity contribution < 1.29 is 14.7 Å². The van der Waals surface area contributed by atoms with Crippen LogP contribution in [0.5, 0.6) is 0 Å². The summed E-state index contributed by atoms with van der Waals surface area (Å²) in [5.74, 6) is 0.177. The van der Waals surface area contributed by atoms with Crippen LogP contribution in [-0.2, 0) is 9.59 Å². The number of rotatable bonds is 6. The van der Waals surface area contributed by atoms with E-state index in [4.69, 9.17) is 5.11 Å². The van der Waals surface area contributed by atoms with E-state index in [2.05, 4.69) is 15.5 Å². The normalized spacial score (nSPS) is 20.4. The number of amides is 2. The Labute approximate surface area is 108 Å². The molecule has 1 aliphatic heterocycles. The monoisotopic (exact) mass is 257 g/mol. The Hall–Kier alpha value is -1.14. The van der Waals surface area contributed by atoms with Crippen molar-refractivity contribution in [2.75, 3.05) is 39.3 Å². The third-order valence-electron chi connectivity index (χ3n) is 3.05. The van der Waals surface area contributed by atoms with E-state index >= 15 is 0 Å². The number of aliphatic hydroxyl groups is 1. The molecule has 0 radical (unpaired) electrons. The number of hydrogen-bond donors (Lipinski definition) is 3. The van der Waals surface area contributed by atoms with Gasteiger partial charge in [0.2, 0.25) is 11.8 Å². The largest absolute Gasteiger partial charge is 0.396 e. The molecule has 0 saturated carbocycles. The van der Waals surface area contributed by atoms with Gasteiger partial charge in [-0.2, -0.15) is 0 Å². The third-order valence-corrected chi connectivity index (χ3v) is 3.05. The lowest BCUT2D eigenvalue weighted by Gasteiger charge is -2.31. The summed E-state index contributed by atoms with van der Waals surface area (Å²) < 4.78 is 0. The van der Waals surface area contributed by atoms with Gasteiger partial charge in [-0.3, -0.25) is 14.5 Å². The lowest BCUT2D eigenvalue weighted by Crippen LogP contribution is -2.44. The van der Waals surface area contributed by atoms with E-state index in [-0.39, 0.29) is 18.4 Å². The van der Waals surface area contributed by atoms with Crippen LogP contribution >= 0.6 is 0 Å². The maximum atomic E-state index is 11.6. The lowest BCUT2D eigenvalue weighted by atomic mass is 9.99. The van der Waals surface area contributed by atoms with Crippen molar-refractivity contribution in [1.29, 1.82) is 0 Å². The minimum absolute atomic E-state index is 0.0288. The summed E-state index contributed by atoms with van der Waals surface area (Å²) in [5.41, 5.74) is 0. The van der Waals surface area contributed by atoms with Crippen molar-refractivity contribution in [3.8, 4) is 0 Å². The molecule has 1 saturated heterocycles. The molecule has 6 heteroatoms. The Kier molecular flexibility index (Phi) is 6.67. The Morgan fingerprint density at radius 3 is 2.72 bits per heavy atom. The van der Waals surface area contributed by atoms with Gasteiger partial charge >= 0.3 is 0 Å². The predicted molar refractivity (Wildman–Crippen MR) is 67.9 cm³/mol. The van der Waals surface area contributed by atoms with Crippen LogP contribution in [0.4, 0.5) is 0 Å². The number of carbonyl (C=O) groups is 2. The topological polar surface area (TPSA) is 81.7 Å². The highest BCUT2D eigenvalue weighted by Gasteiger charge is 2.20. The summed E-state index contributed by atoms with van der Waals surface area (Å²) in [6.45, 7) is 4.63. The molecule has 0 aliphatic carbocycles. The summed E-state index contributed by atoms with van der Waals surface area (Å²) >= 11 is 0. The van der Waals surface area contributed by atoms with Crippen molar-refractivity contribution >= 4 is 11.8 Å². The summed E-state index contributed by atoms with van der Waals surface area (Å²) in [6.07, 6.45) is 2.07. The molecule has 1 heterocycles. The number of hydrogen-bond acceptors (Lipinski definition) is 4. The van der Waals surface area contributed by atoms with Crippen molar-refractivity contribution in [3.63, 3.8) is 0 Å². The van der Waals surface area contributed by atoms with Crippen LogP contribution in [0.25, 0.3) is 0 Å². The quantitative estimate of drug-likeness (QED) is 0.530. The lowest BCUT2D eigenvalue weighted by molar-refractivity contribution is -0.123. The van der Waals surface area contributed by atoms with Gasteiger partial charge in [0.15, 0.2) is 0 Å². The van der Waals surface area contributed by atoms with Gasteiger partial charge in [0.25, 0.3) is 0 Å². The second kappa shape index (κ2) is 8.05. The summed E-state index contributed by atoms with van der Waals surface area (Å²) in [5, 5.41) is 14.5. The highest BCUT2D eigenvalue weighted by molar-refractivity contribution is 5.78. The van der Waals surface area contributed by atoms with Gasteiger partial charge in [0.05, 0.1) is 6.54 Å². The molecule has 6 nitrogen and oxygen atoms in total. The van der Waals surface area contributed by atoms with Crippen molar-refractivity contribution in [2.24, 2.45) is 5.92 Å². The van der Waals surface area contributed by atoms with E-state index in [0.717, 1.165) is 25.9 Å². The zero-order valence-electron chi connectivity index (χ0n) is 10.9. The molecule has 104 valence electrons. The van der Waals surface area contributed by atoms with Crippen LogP contribution in [-0.4, -0.2) is 61.2 Å². The fraction of sp³-hybridized carbons (Fsp3) is 0.833. The molecule has 1 fully saturated rings. The van der Waals surface area contributed by atoms with E-state index in [1.165, 1.54) is 6.92 Å². The fourth-order valence-electron chi connectivity index (χ4n) is 2.14. The summed E-state index contributed by atoms with van der Waals surface area (Å²) in [4.78, 5) is 24.3. The Morgan fingerprint density at radius 1 is 1.33 bits per heavy atom. The van der Waals surface area contributed by atoms with Gasteiger partial charge in [-0.1, -0.05) is 0 Å². The summed E-state index contributed by atoms with van der Waals surface area (Å²) in [6, 6.07) is 0. The smallest absolute Gasteiger partial charge is 0.234 e. The zero-order valence-corrected chi connectivity index (χ0v) is 10.9. The van der Waals surface area contributed by atoms with Gasteiger partial charge in [0.1, 0.15) is 0 Å². The maximum absolute atomic E-state index is 11.6. The maximum Gasteiger partial charge on any atom is 0.234 e. The number of piperidine rings is 1. The van der Waals surface area contributed by atoms with E-state index in [9.17, 15) is 9.59 Å². The first-order valence-corrected chi connectivity index (χ1v) is 6.46. The second-order valence-corrected chi connectivity index (χ2v) is 4.76. The van der Waals surface area contributed by atoms with Crippen LogP contribution < -0.4 is 10.6 Å². The van der Waals surface area contributed by atoms with Crippen molar-refractivity contribution in [1.82, 2.24) is 15.5 Å². The van der Waals surface area contributed by atoms with E-state index in [1.807, 2.05) is 0 Å². The fourth-order valence-corrected chi connectivity index (χ4v) is 2.14. The Bertz CT molecular complexity index is 284. The molecular formula is C12H23N3O3. The first-order chi connectivity index (χ1) is 8.61. The number of nitrogens with zero attached hydrogens (tertiary/aromatic N) is 1. The van der Waals surface area contributed by atoms with Crippen LogP contribution in [0.1, 0.15) is 19.8 Å². The molecule has 1 aliphatic rings. The van der Waals surface area contributed by atoms with Crippen LogP contribution in [0.15, 0.2) is 0 Å². The van der Waals surface area contributed by atoms with E-state index < -0.39 is 0 Å². The van der Waals surface area contributed by atoms with Gasteiger partial charge in [-0.05, 0) is 25.3 Å². The molecular weight excluding hydrogens is 234 g/mol. The third kappa shape index (κ3) is 5.97. The molecule has 0 bridgehead atoms. The van der Waals surface area contributed by atoms with Gasteiger partial charge in [-0.25, -0.2) is 0 Å². The van der Waals surface area contributed by atoms with Crippen molar-refractivity contribution in [2.45, 2.75) is 19.8 Å². The predicted octanol–water partition coefficient (Wildman–Crippen LogP) is -1.06. The molecule has 2 amide bonds. The highest BCUT2D eigenvalue weighted by Crippen LogP contribution is 2.14. The Balaban J connectivity index is 2.13. The van der Waals surface area contributed by atoms with Gasteiger partial charge < -0.3 is 15.7 Å². The highest BCUT2D eigenvalue weighted by atomic mass is 16.3. The van der Waals surface area contributed by atoms with Crippen LogP contribution in [0, 0.1) is 5.92 Å². The number of likely N-dealkylation sites (tertiary alicyclic amines) is 1. The first kappa shape index (κ1) is 14.9. The molecule has 18 heavy (non-hydrogen) atoms. The van der Waals surface area contributed by atoms with Crippen LogP contribution in [0.2, 0.25) is 0 Å². The van der Waals surface area contributed by atoms with Crippen LogP contribution in [0.3, 0.4) is 0 Å². The molecule has 0 aromatic rings. The standard InChI is InChI=1S/C12H23N3O3/c1-10(17)13-4-5-14-12(18)8-15-6-2-3-11(7-15)9-16/h11,16H,2-9H2,1H3,(H,13,17)(H,14,18). The minimum atomic E-state index is -0.0916. The average Bonchev–Trinajstić information content (AvgIpc) is 2.34. The molecule has 0 spiro atoms. The van der Waals surface area contributed by atoms with E-state index in [1.54, 1.807) is 0 Å². The first-order valence-electron chi connectivity index (χ1n) is 6.46. The second-order valence-electron chi connectivity index (χ2n) is 4.76. The van der Waals surface area contributed by atoms with Gasteiger partial charge in [0, 0.05) is 33.2 Å². The SMILES string of the molecule is CC(=O)NCCNC(=O)CN1CCCC(CO)C1. The van der Waals surface area contributed by atoms with E-state index in [0.29, 0.717) is 25.6 Å². The minimum Gasteiger partial charge on any atom is -0.396 e. The molecule has 1 unspecified atom stereocenters.